The Balaban J connectivity index is 2.30. The van der Waals surface area contributed by atoms with E-state index in [2.05, 4.69) is 32.1 Å². The van der Waals surface area contributed by atoms with Crippen molar-refractivity contribution in [3.63, 3.8) is 0 Å². The van der Waals surface area contributed by atoms with Crippen molar-refractivity contribution in [3.8, 4) is 0 Å². The second-order valence-electron chi connectivity index (χ2n) is 4.83. The molecule has 0 bridgehead atoms. The summed E-state index contributed by atoms with van der Waals surface area (Å²) in [6.45, 7) is 4.94. The second-order valence-corrected chi connectivity index (χ2v) is 4.83. The molecule has 1 aliphatic carbocycles. The molecule has 0 aliphatic heterocycles. The Labute approximate surface area is 93.9 Å². The maximum Gasteiger partial charge on any atom is 0.0433 e. The van der Waals surface area contributed by atoms with E-state index in [1.165, 1.54) is 24.8 Å². The average molecular weight is 208 g/mol. The van der Waals surface area contributed by atoms with Gasteiger partial charge in [-0.05, 0) is 43.9 Å². The lowest BCUT2D eigenvalue weighted by atomic mass is 9.82. The first-order valence-corrected chi connectivity index (χ1v) is 6.20. The number of rotatable bonds is 5. The molecule has 1 atom stereocenters. The first-order chi connectivity index (χ1) is 7.24. The van der Waals surface area contributed by atoms with Crippen molar-refractivity contribution >= 4 is 0 Å². The minimum absolute atomic E-state index is 0.304. The zero-order chi connectivity index (χ0) is 11.1. The lowest BCUT2D eigenvalue weighted by Crippen LogP contribution is -2.11. The number of hydrogen-bond acceptors (Lipinski definition) is 1. The Kier molecular flexibility index (Phi) is 5.70. The highest BCUT2D eigenvalue weighted by Crippen LogP contribution is 2.29. The molecule has 0 spiro atoms. The first-order valence-electron chi connectivity index (χ1n) is 6.20. The van der Waals surface area contributed by atoms with E-state index >= 15 is 0 Å². The van der Waals surface area contributed by atoms with Gasteiger partial charge in [-0.3, -0.25) is 0 Å². The maximum absolute atomic E-state index is 8.65. The van der Waals surface area contributed by atoms with E-state index in [4.69, 9.17) is 5.11 Å². The molecular formula is C14H24O. The van der Waals surface area contributed by atoms with Crippen LogP contribution >= 0.6 is 0 Å². The van der Waals surface area contributed by atoms with Gasteiger partial charge in [-0.2, -0.15) is 0 Å². The van der Waals surface area contributed by atoms with E-state index in [1.807, 2.05) is 0 Å². The number of allylic oxidation sites excluding steroid dienone is 4. The molecule has 1 nitrogen and oxygen atoms in total. The first kappa shape index (κ1) is 12.5. The van der Waals surface area contributed by atoms with Gasteiger partial charge in [0.2, 0.25) is 0 Å². The third-order valence-electron chi connectivity index (χ3n) is 3.29. The minimum Gasteiger partial charge on any atom is -0.396 e. The lowest BCUT2D eigenvalue weighted by molar-refractivity contribution is 0.289. The van der Waals surface area contributed by atoms with Crippen molar-refractivity contribution in [3.05, 3.63) is 23.8 Å². The zero-order valence-corrected chi connectivity index (χ0v) is 10.1. The topological polar surface area (TPSA) is 20.2 Å². The van der Waals surface area contributed by atoms with Gasteiger partial charge in [0.25, 0.3) is 0 Å². The Hall–Kier alpha value is -0.560. The van der Waals surface area contributed by atoms with Gasteiger partial charge in [0, 0.05) is 6.61 Å². The summed E-state index contributed by atoms with van der Waals surface area (Å²) >= 11 is 0. The van der Waals surface area contributed by atoms with Gasteiger partial charge < -0.3 is 5.11 Å². The van der Waals surface area contributed by atoms with Gasteiger partial charge in [0.05, 0.1) is 0 Å². The average Bonchev–Trinajstić information content (AvgIpc) is 2.25. The van der Waals surface area contributed by atoms with E-state index in [1.54, 1.807) is 0 Å². The second kappa shape index (κ2) is 6.84. The molecule has 1 unspecified atom stereocenters. The standard InChI is InChI=1S/C14H24O/c1-12(2)14-9-7-13(8-10-14)6-4-3-5-11-15/h4,6-7,12,14-15H,3,5,8-11H2,1-2H3/b6-4+. The summed E-state index contributed by atoms with van der Waals surface area (Å²) in [7, 11) is 0. The van der Waals surface area contributed by atoms with Gasteiger partial charge in [-0.15, -0.1) is 0 Å². The molecule has 15 heavy (non-hydrogen) atoms. The number of aliphatic hydroxyl groups excluding tert-OH is 1. The van der Waals surface area contributed by atoms with Crippen LogP contribution in [0.2, 0.25) is 0 Å². The predicted octanol–water partition coefficient (Wildman–Crippen LogP) is 3.70. The van der Waals surface area contributed by atoms with Crippen LogP contribution in [-0.4, -0.2) is 11.7 Å². The van der Waals surface area contributed by atoms with E-state index < -0.39 is 0 Å². The van der Waals surface area contributed by atoms with Gasteiger partial charge >= 0.3 is 0 Å². The highest BCUT2D eigenvalue weighted by Gasteiger charge is 2.15. The molecule has 1 aliphatic rings. The molecule has 0 amide bonds. The number of aliphatic hydroxyl groups is 1. The van der Waals surface area contributed by atoms with Crippen molar-refractivity contribution in [1.82, 2.24) is 0 Å². The van der Waals surface area contributed by atoms with Gasteiger partial charge in [0.1, 0.15) is 0 Å². The minimum atomic E-state index is 0.304. The van der Waals surface area contributed by atoms with Crippen molar-refractivity contribution < 1.29 is 5.11 Å². The van der Waals surface area contributed by atoms with Crippen LogP contribution in [0.3, 0.4) is 0 Å². The van der Waals surface area contributed by atoms with Crippen LogP contribution in [0.15, 0.2) is 23.8 Å². The van der Waals surface area contributed by atoms with Crippen molar-refractivity contribution in [2.75, 3.05) is 6.61 Å². The molecule has 0 radical (unpaired) electrons. The summed E-state index contributed by atoms with van der Waals surface area (Å²) in [5, 5.41) is 8.65. The van der Waals surface area contributed by atoms with E-state index in [-0.39, 0.29) is 0 Å². The van der Waals surface area contributed by atoms with Crippen LogP contribution in [0.4, 0.5) is 0 Å². The fourth-order valence-corrected chi connectivity index (χ4v) is 2.08. The van der Waals surface area contributed by atoms with E-state index in [0.717, 1.165) is 24.7 Å². The third kappa shape index (κ3) is 4.65. The number of unbranched alkanes of at least 4 members (excludes halogenated alkanes) is 1. The molecule has 0 fully saturated rings. The van der Waals surface area contributed by atoms with E-state index in [0.29, 0.717) is 6.61 Å². The summed E-state index contributed by atoms with van der Waals surface area (Å²) in [6, 6.07) is 0. The van der Waals surface area contributed by atoms with Crippen molar-refractivity contribution in [2.24, 2.45) is 11.8 Å². The van der Waals surface area contributed by atoms with Crippen molar-refractivity contribution in [2.45, 2.75) is 46.0 Å². The summed E-state index contributed by atoms with van der Waals surface area (Å²) in [5.74, 6) is 1.71. The Morgan fingerprint density at radius 2 is 2.33 bits per heavy atom. The SMILES string of the molecule is CC(C)C1CC=C(/C=C/CCCO)CC1. The van der Waals surface area contributed by atoms with Crippen LogP contribution < -0.4 is 0 Å². The summed E-state index contributed by atoms with van der Waals surface area (Å²) in [5.41, 5.74) is 1.49. The van der Waals surface area contributed by atoms with Crippen LogP contribution in [0.25, 0.3) is 0 Å². The monoisotopic (exact) mass is 208 g/mol. The van der Waals surface area contributed by atoms with Gasteiger partial charge in [-0.25, -0.2) is 0 Å². The molecule has 1 N–H and O–H groups in total. The van der Waals surface area contributed by atoms with Crippen molar-refractivity contribution in [1.29, 1.82) is 0 Å². The molecule has 0 saturated heterocycles. The lowest BCUT2D eigenvalue weighted by Gasteiger charge is -2.23. The normalized spacial score (nSPS) is 22.4. The van der Waals surface area contributed by atoms with Crippen LogP contribution in [0.5, 0.6) is 0 Å². The molecule has 0 heterocycles. The Morgan fingerprint density at radius 1 is 1.53 bits per heavy atom. The van der Waals surface area contributed by atoms with Crippen LogP contribution in [0.1, 0.15) is 46.0 Å². The highest BCUT2D eigenvalue weighted by molar-refractivity contribution is 5.20. The smallest absolute Gasteiger partial charge is 0.0433 e. The molecule has 0 aromatic carbocycles. The fraction of sp³-hybridized carbons (Fsp3) is 0.714. The summed E-state index contributed by atoms with van der Waals surface area (Å²) < 4.78 is 0. The van der Waals surface area contributed by atoms with Crippen LogP contribution in [-0.2, 0) is 0 Å². The largest absolute Gasteiger partial charge is 0.396 e. The number of hydrogen-bond donors (Lipinski definition) is 1. The Morgan fingerprint density at radius 3 is 2.87 bits per heavy atom. The molecular weight excluding hydrogens is 184 g/mol. The molecule has 0 saturated carbocycles. The summed E-state index contributed by atoms with van der Waals surface area (Å²) in [4.78, 5) is 0. The molecule has 1 rings (SSSR count). The Bertz CT molecular complexity index is 225. The predicted molar refractivity (Wildman–Crippen MR) is 65.7 cm³/mol. The molecule has 86 valence electrons. The maximum atomic E-state index is 8.65. The molecule has 0 aromatic heterocycles. The molecule has 1 heteroatoms. The molecule has 0 aromatic rings. The van der Waals surface area contributed by atoms with Crippen LogP contribution in [0, 0.1) is 11.8 Å². The van der Waals surface area contributed by atoms with Gasteiger partial charge in [-0.1, -0.05) is 37.6 Å². The fourth-order valence-electron chi connectivity index (χ4n) is 2.08. The quantitative estimate of drug-likeness (QED) is 0.683. The summed E-state index contributed by atoms with van der Waals surface area (Å²) in [6.07, 6.45) is 12.5. The third-order valence-corrected chi connectivity index (χ3v) is 3.29. The zero-order valence-electron chi connectivity index (χ0n) is 10.1. The highest BCUT2D eigenvalue weighted by atomic mass is 16.2. The van der Waals surface area contributed by atoms with Gasteiger partial charge in [0.15, 0.2) is 0 Å². The van der Waals surface area contributed by atoms with E-state index in [9.17, 15) is 0 Å².